The Morgan fingerprint density at radius 2 is 2.00 bits per heavy atom. The number of hydrogen-bond donors (Lipinski definition) is 2. The predicted molar refractivity (Wildman–Crippen MR) is 33.5 cm³/mol. The number of rotatable bonds is 1. The number of carbonyl (C=O) groups is 1. The molecule has 0 aliphatic rings. The number of carboxylic acid groups (broad SMARTS) is 1. The summed E-state index contributed by atoms with van der Waals surface area (Å²) in [6, 6.07) is 2.51. The van der Waals surface area contributed by atoms with Crippen molar-refractivity contribution in [2.24, 2.45) is 0 Å². The molecular weight excluding hydrogens is 201 g/mol. The summed E-state index contributed by atoms with van der Waals surface area (Å²) in [5.41, 5.74) is -0.0715. The predicted octanol–water partition coefficient (Wildman–Crippen LogP) is 0.364. The van der Waals surface area contributed by atoms with Crippen LogP contribution in [0.4, 0.5) is 0 Å². The van der Waals surface area contributed by atoms with Crippen molar-refractivity contribution >= 4 is 5.97 Å². The van der Waals surface area contributed by atoms with Gasteiger partial charge in [-0.25, -0.2) is 9.78 Å². The van der Waals surface area contributed by atoms with E-state index in [4.69, 9.17) is 10.2 Å². The third kappa shape index (κ3) is 3.38. The van der Waals surface area contributed by atoms with Gasteiger partial charge in [0, 0.05) is 18.6 Å². The van der Waals surface area contributed by atoms with Gasteiger partial charge in [0.05, 0.1) is 6.20 Å². The average Bonchev–Trinajstić information content (AvgIpc) is 1.88. The van der Waals surface area contributed by atoms with Gasteiger partial charge in [0.25, 0.3) is 0 Å². The maximum atomic E-state index is 10.2. The van der Waals surface area contributed by atoms with Gasteiger partial charge in [-0.3, -0.25) is 0 Å². The Bertz CT molecular complexity index is 248. The van der Waals surface area contributed by atoms with Crippen LogP contribution in [0.5, 0.6) is 5.75 Å². The molecule has 1 aromatic rings. The van der Waals surface area contributed by atoms with E-state index >= 15 is 0 Å². The fourth-order valence-corrected chi connectivity index (χ4v) is 0.513. The maximum Gasteiger partial charge on any atom is 0.354 e. The monoisotopic (exact) mass is 206 g/mol. The molecule has 0 fully saturated rings. The number of aromatic hydroxyl groups is 1. The molecule has 1 rings (SSSR count). The topological polar surface area (TPSA) is 98.9 Å². The zero-order chi connectivity index (χ0) is 7.56. The van der Waals surface area contributed by atoms with Crippen LogP contribution in [-0.2, 0) is 24.0 Å². The Morgan fingerprint density at radius 1 is 1.42 bits per heavy atom. The van der Waals surface area contributed by atoms with E-state index in [1.54, 1.807) is 0 Å². The molecule has 0 atom stereocenters. The first-order valence-corrected chi connectivity index (χ1v) is 2.58. The largest absolute Gasteiger partial charge is 2.00 e. The van der Waals surface area contributed by atoms with Crippen LogP contribution < -0.4 is 0 Å². The van der Waals surface area contributed by atoms with Crippen LogP contribution in [0.3, 0.4) is 0 Å². The zero-order valence-corrected chi connectivity index (χ0v) is 7.23. The maximum absolute atomic E-state index is 10.2. The van der Waals surface area contributed by atoms with E-state index in [1.165, 1.54) is 12.1 Å². The molecule has 2 N–H and O–H groups in total. The molecule has 12 heavy (non-hydrogen) atoms. The van der Waals surface area contributed by atoms with Crippen molar-refractivity contribution in [1.29, 1.82) is 0 Å². The minimum Gasteiger partial charge on any atom is -2.00 e. The minimum absolute atomic E-state index is 0. The third-order valence-electron chi connectivity index (χ3n) is 0.967. The van der Waals surface area contributed by atoms with Crippen LogP contribution in [0.15, 0.2) is 18.3 Å². The molecule has 1 radical (unpaired) electrons. The van der Waals surface area contributed by atoms with Crippen molar-refractivity contribution in [3.05, 3.63) is 24.0 Å². The number of hydrogen-bond acceptors (Lipinski definition) is 3. The summed E-state index contributed by atoms with van der Waals surface area (Å²) in [6.45, 7) is 0. The first-order chi connectivity index (χ1) is 4.70. The van der Waals surface area contributed by atoms with Crippen molar-refractivity contribution < 1.29 is 39.0 Å². The molecule has 0 unspecified atom stereocenters. The van der Waals surface area contributed by atoms with Crippen molar-refractivity contribution in [1.82, 2.24) is 4.98 Å². The van der Waals surface area contributed by atoms with Crippen LogP contribution in [0.25, 0.3) is 0 Å². The van der Waals surface area contributed by atoms with Crippen molar-refractivity contribution in [2.45, 2.75) is 0 Å². The molecule has 0 aliphatic carbocycles. The summed E-state index contributed by atoms with van der Waals surface area (Å²) in [5.74, 6) is -1.13. The Morgan fingerprint density at radius 3 is 2.33 bits per heavy atom. The van der Waals surface area contributed by atoms with Crippen molar-refractivity contribution in [3.8, 4) is 5.75 Å². The van der Waals surface area contributed by atoms with Crippen molar-refractivity contribution in [2.75, 3.05) is 0 Å². The molecule has 6 heteroatoms. The van der Waals surface area contributed by atoms with Crippen LogP contribution in [-0.4, -0.2) is 21.2 Å². The molecule has 0 bridgehead atoms. The minimum atomic E-state index is -1.10. The van der Waals surface area contributed by atoms with Crippen LogP contribution in [0.2, 0.25) is 0 Å². The average molecular weight is 206 g/mol. The van der Waals surface area contributed by atoms with Gasteiger partial charge in [-0.2, -0.15) is 0 Å². The smallest absolute Gasteiger partial charge is 0.354 e. The van der Waals surface area contributed by atoms with Gasteiger partial charge in [0.2, 0.25) is 0 Å². The summed E-state index contributed by atoms with van der Waals surface area (Å²) in [6.07, 6.45) is 1.09. The zero-order valence-electron chi connectivity index (χ0n) is 5.84. The first-order valence-electron chi connectivity index (χ1n) is 2.58. The first kappa shape index (κ1) is 13.5. The Hall–Kier alpha value is -1.04. The second-order valence-corrected chi connectivity index (χ2v) is 1.71. The Labute approximate surface area is 80.3 Å². The van der Waals surface area contributed by atoms with E-state index in [2.05, 4.69) is 4.98 Å². The quantitative estimate of drug-likeness (QED) is 0.692. The summed E-state index contributed by atoms with van der Waals surface area (Å²) < 4.78 is 0. The van der Waals surface area contributed by atoms with Gasteiger partial charge >= 0.3 is 5.97 Å². The van der Waals surface area contributed by atoms with E-state index in [0.717, 1.165) is 6.20 Å². The molecule has 1 aromatic heterocycles. The summed E-state index contributed by atoms with van der Waals surface area (Å²) in [5, 5.41) is 17.0. The van der Waals surface area contributed by atoms with Gasteiger partial charge in [0.1, 0.15) is 11.4 Å². The molecule has 0 aromatic carbocycles. The number of aromatic carboxylic acids is 1. The summed E-state index contributed by atoms with van der Waals surface area (Å²) in [7, 11) is 0. The van der Waals surface area contributed by atoms with Gasteiger partial charge in [0.15, 0.2) is 0 Å². The number of aromatic nitrogens is 1. The summed E-state index contributed by atoms with van der Waals surface area (Å²) in [4.78, 5) is 13.6. The fourth-order valence-electron chi connectivity index (χ4n) is 0.513. The van der Waals surface area contributed by atoms with E-state index < -0.39 is 5.97 Å². The molecule has 65 valence electrons. The van der Waals surface area contributed by atoms with Gasteiger partial charge in [-0.1, -0.05) is 0 Å². The molecule has 0 amide bonds. The molecule has 1 heterocycles. The van der Waals surface area contributed by atoms with E-state index in [0.29, 0.717) is 0 Å². The number of pyridine rings is 1. The molecule has 5 nitrogen and oxygen atoms in total. The normalized spacial score (nSPS) is 7.67. The van der Waals surface area contributed by atoms with E-state index in [-0.39, 0.29) is 35.5 Å². The Kier molecular flexibility index (Phi) is 6.32. The molecule has 0 aliphatic heterocycles. The Balaban J connectivity index is 0. The van der Waals surface area contributed by atoms with E-state index in [9.17, 15) is 4.79 Å². The molecular formula is C6H5NO4V-2. The SMILES string of the molecule is O=C(O)c1ccc(O)cn1.[O-2].[V]. The van der Waals surface area contributed by atoms with E-state index in [1.807, 2.05) is 0 Å². The van der Waals surface area contributed by atoms with Crippen molar-refractivity contribution in [3.63, 3.8) is 0 Å². The summed E-state index contributed by atoms with van der Waals surface area (Å²) >= 11 is 0. The second kappa shape index (κ2) is 5.59. The molecule has 0 spiro atoms. The third-order valence-corrected chi connectivity index (χ3v) is 0.967. The van der Waals surface area contributed by atoms with Gasteiger partial charge < -0.3 is 15.7 Å². The van der Waals surface area contributed by atoms with Gasteiger partial charge in [-0.15, -0.1) is 0 Å². The van der Waals surface area contributed by atoms with Crippen LogP contribution >= 0.6 is 0 Å². The van der Waals surface area contributed by atoms with Crippen LogP contribution in [0, 0.1) is 0 Å². The molecule has 0 saturated carbocycles. The number of carboxylic acids is 1. The second-order valence-electron chi connectivity index (χ2n) is 1.71. The number of nitrogens with zero attached hydrogens (tertiary/aromatic N) is 1. The van der Waals surface area contributed by atoms with Crippen LogP contribution in [0.1, 0.15) is 10.5 Å². The fraction of sp³-hybridized carbons (Fsp3) is 0. The molecule has 0 saturated heterocycles. The standard InChI is InChI=1S/C6H5NO3.O.V/c8-4-1-2-5(6(9)10)7-3-4;;/h1-3,8H,(H,9,10);;/q;-2;. The van der Waals surface area contributed by atoms with Gasteiger partial charge in [-0.05, 0) is 12.1 Å².